The molecule has 2 aliphatic carbocycles. The van der Waals surface area contributed by atoms with Crippen molar-refractivity contribution in [3.05, 3.63) is 138 Å². The number of hydrogen-bond donors (Lipinski definition) is 2. The summed E-state index contributed by atoms with van der Waals surface area (Å²) in [5, 5.41) is 24.6. The van der Waals surface area contributed by atoms with Gasteiger partial charge in [0.25, 0.3) is 0 Å². The molecule has 2 N–H and O–H groups in total. The molecule has 14 nitrogen and oxygen atoms in total. The van der Waals surface area contributed by atoms with Gasteiger partial charge in [-0.1, -0.05) is 78.7 Å². The summed E-state index contributed by atoms with van der Waals surface area (Å²) in [7, 11) is 1.51. The van der Waals surface area contributed by atoms with Crippen molar-refractivity contribution in [3.8, 4) is 28.7 Å². The fraction of sp³-hybridized carbons (Fsp3) is 0.415. The van der Waals surface area contributed by atoms with E-state index in [2.05, 4.69) is 12.7 Å². The van der Waals surface area contributed by atoms with Gasteiger partial charge in [-0.15, -0.1) is 6.58 Å². The van der Waals surface area contributed by atoms with Crippen molar-refractivity contribution < 1.29 is 57.8 Å². The minimum Gasteiger partial charge on any atom is -0.459 e. The number of rotatable bonds is 23. The van der Waals surface area contributed by atoms with Gasteiger partial charge in [0.2, 0.25) is 12.6 Å². The van der Waals surface area contributed by atoms with Gasteiger partial charge in [0.1, 0.15) is 43.3 Å². The summed E-state index contributed by atoms with van der Waals surface area (Å²) >= 11 is 0. The predicted octanol–water partition coefficient (Wildman–Crippen LogP) is 9.14. The summed E-state index contributed by atoms with van der Waals surface area (Å²) in [5.41, 5.74) is 4.66. The van der Waals surface area contributed by atoms with Gasteiger partial charge < -0.3 is 48.2 Å². The molecule has 4 aromatic rings. The average Bonchev–Trinajstić information content (AvgIpc) is 3.83. The molecule has 2 heterocycles. The zero-order valence-corrected chi connectivity index (χ0v) is 38.0. The molecule has 1 amide bonds. The number of benzene rings is 4. The fourth-order valence-electron chi connectivity index (χ4n) is 10.2. The molecule has 4 aromatic carbocycles. The molecule has 0 unspecified atom stereocenters. The molecule has 4 aliphatic rings. The van der Waals surface area contributed by atoms with Crippen molar-refractivity contribution in [2.45, 2.75) is 75.8 Å². The van der Waals surface area contributed by atoms with Crippen molar-refractivity contribution >= 4 is 18.1 Å². The highest BCUT2D eigenvalue weighted by Crippen LogP contribution is 2.62. The van der Waals surface area contributed by atoms with Crippen LogP contribution in [0.15, 0.2) is 120 Å². The Morgan fingerprint density at radius 3 is 2.46 bits per heavy atom. The van der Waals surface area contributed by atoms with Crippen LogP contribution in [0.1, 0.15) is 77.9 Å². The first-order valence-corrected chi connectivity index (χ1v) is 23.2. The third-order valence-corrected chi connectivity index (χ3v) is 13.0. The van der Waals surface area contributed by atoms with Crippen molar-refractivity contribution in [1.82, 2.24) is 4.90 Å². The van der Waals surface area contributed by atoms with Crippen LogP contribution in [0.25, 0.3) is 0 Å². The van der Waals surface area contributed by atoms with E-state index in [0.29, 0.717) is 59.5 Å². The highest BCUT2D eigenvalue weighted by molar-refractivity contribution is 6.03. The van der Waals surface area contributed by atoms with Crippen LogP contribution in [0, 0.1) is 17.8 Å². The Labute approximate surface area is 391 Å². The molecule has 354 valence electrons. The molecule has 0 radical (unpaired) electrons. The first-order chi connectivity index (χ1) is 32.9. The quantitative estimate of drug-likeness (QED) is 0.0314. The molecule has 1 saturated carbocycles. The van der Waals surface area contributed by atoms with E-state index < -0.39 is 23.8 Å². The van der Waals surface area contributed by atoms with Gasteiger partial charge in [-0.05, 0) is 96.7 Å². The van der Waals surface area contributed by atoms with Crippen LogP contribution in [-0.4, -0.2) is 92.0 Å². The smallest absolute Gasteiger partial charge is 0.410 e. The van der Waals surface area contributed by atoms with Crippen LogP contribution in [0.3, 0.4) is 0 Å². The van der Waals surface area contributed by atoms with Gasteiger partial charge in [-0.3, -0.25) is 9.69 Å². The highest BCUT2D eigenvalue weighted by atomic mass is 16.7. The molecular formula is C53H60N2O12. The number of fused-ring (bicyclic) bond motifs is 3. The number of aldehydes is 1. The highest BCUT2D eigenvalue weighted by Gasteiger charge is 2.65. The third kappa shape index (κ3) is 10.7. The van der Waals surface area contributed by atoms with Gasteiger partial charge in [-0.2, -0.15) is 0 Å². The standard InChI is InChI=1S/C53H60N2O12/c1-3-24-65-53-49(55(32-37-18-20-47-48(28-37)64-35-63-47)52(59)62-26-25-61-34-36-12-5-4-6-13-36)31-45(54-60-2)43-29-39(15-7-9-22-56)42(17-8-10-23-57)50(51(43)53)44-30-41(19-21-46(44)67-53)66-40-16-11-14-38(27-40)33-58/h3-6,11-14,16,18-21,27-30,33,39,42,49-51,56-57H,1,7-10,15,17,22-26,31-32,34-35H2,2H3/t39-,42+,49-,50+,51+,53+/m0/s1. The molecule has 6 atom stereocenters. The summed E-state index contributed by atoms with van der Waals surface area (Å²) in [4.78, 5) is 33.9. The van der Waals surface area contributed by atoms with E-state index in [9.17, 15) is 19.8 Å². The van der Waals surface area contributed by atoms with E-state index in [1.54, 1.807) is 35.2 Å². The molecule has 0 bridgehead atoms. The number of ether oxygens (including phenoxy) is 7. The lowest BCUT2D eigenvalue weighted by atomic mass is 9.55. The molecule has 8 rings (SSSR count). The Bertz CT molecular complexity index is 2390. The lowest BCUT2D eigenvalue weighted by molar-refractivity contribution is -0.256. The van der Waals surface area contributed by atoms with Crippen molar-refractivity contribution in [2.75, 3.05) is 46.9 Å². The zero-order chi connectivity index (χ0) is 46.6. The van der Waals surface area contributed by atoms with Gasteiger partial charge in [0.15, 0.2) is 11.5 Å². The van der Waals surface area contributed by atoms with Crippen LogP contribution in [0.4, 0.5) is 4.79 Å². The molecule has 1 fully saturated rings. The second-order valence-corrected chi connectivity index (χ2v) is 17.2. The first-order valence-electron chi connectivity index (χ1n) is 23.2. The molecule has 0 spiro atoms. The average molecular weight is 917 g/mol. The molecule has 0 aromatic heterocycles. The Balaban J connectivity index is 1.25. The molecule has 2 aliphatic heterocycles. The van der Waals surface area contributed by atoms with E-state index in [1.807, 2.05) is 66.7 Å². The van der Waals surface area contributed by atoms with E-state index in [1.165, 1.54) is 7.11 Å². The minimum absolute atomic E-state index is 0.0134. The second-order valence-electron chi connectivity index (χ2n) is 17.2. The Morgan fingerprint density at radius 2 is 1.67 bits per heavy atom. The fourth-order valence-corrected chi connectivity index (χ4v) is 10.2. The molecule has 14 heteroatoms. The number of aliphatic hydroxyl groups is 2. The number of hydrogen-bond acceptors (Lipinski definition) is 13. The maximum absolute atomic E-state index is 15.0. The van der Waals surface area contributed by atoms with Crippen molar-refractivity contribution in [1.29, 1.82) is 0 Å². The summed E-state index contributed by atoms with van der Waals surface area (Å²) in [6, 6.07) is 27.2. The number of carbonyl (C=O) groups is 2. The summed E-state index contributed by atoms with van der Waals surface area (Å²) < 4.78 is 44.4. The van der Waals surface area contributed by atoms with E-state index in [4.69, 9.17) is 43.2 Å². The molecule has 0 saturated heterocycles. The van der Waals surface area contributed by atoms with E-state index in [0.717, 1.165) is 54.2 Å². The largest absolute Gasteiger partial charge is 0.459 e. The second kappa shape index (κ2) is 22.5. The minimum atomic E-state index is -1.53. The predicted molar refractivity (Wildman–Crippen MR) is 249 cm³/mol. The summed E-state index contributed by atoms with van der Waals surface area (Å²) in [5.74, 6) is 0.421. The van der Waals surface area contributed by atoms with Crippen molar-refractivity contribution in [3.63, 3.8) is 0 Å². The molecule has 67 heavy (non-hydrogen) atoms. The third-order valence-electron chi connectivity index (χ3n) is 13.0. The maximum atomic E-state index is 15.0. The lowest BCUT2D eigenvalue weighted by Gasteiger charge is -2.59. The van der Waals surface area contributed by atoms with Gasteiger partial charge in [0.05, 0.1) is 31.5 Å². The summed E-state index contributed by atoms with van der Waals surface area (Å²) in [6.07, 6.45) is 8.67. The van der Waals surface area contributed by atoms with Crippen LogP contribution < -0.4 is 18.9 Å². The number of carbonyl (C=O) groups excluding carboxylic acids is 2. The number of aliphatic hydroxyl groups excluding tert-OH is 2. The lowest BCUT2D eigenvalue weighted by Crippen LogP contribution is -2.70. The maximum Gasteiger partial charge on any atom is 0.410 e. The zero-order valence-electron chi connectivity index (χ0n) is 38.0. The number of allylic oxidation sites excluding steroid dienone is 1. The summed E-state index contributed by atoms with van der Waals surface area (Å²) in [6.45, 7) is 4.95. The Hall–Kier alpha value is -6.19. The number of nitrogens with zero attached hydrogens (tertiary/aromatic N) is 2. The van der Waals surface area contributed by atoms with Gasteiger partial charge in [0, 0.05) is 43.2 Å². The van der Waals surface area contributed by atoms with Gasteiger partial charge in [-0.25, -0.2) is 4.79 Å². The monoisotopic (exact) mass is 916 g/mol. The number of unbranched alkanes of at least 4 members (excludes halogenated alkanes) is 2. The molecular weight excluding hydrogens is 857 g/mol. The van der Waals surface area contributed by atoms with Crippen LogP contribution in [-0.2, 0) is 32.2 Å². The van der Waals surface area contributed by atoms with Crippen molar-refractivity contribution in [2.24, 2.45) is 22.9 Å². The number of amides is 1. The topological polar surface area (TPSA) is 164 Å². The van der Waals surface area contributed by atoms with Crippen LogP contribution >= 0.6 is 0 Å². The Morgan fingerprint density at radius 1 is 0.881 bits per heavy atom. The Kier molecular flexibility index (Phi) is 15.9. The van der Waals surface area contributed by atoms with Crippen LogP contribution in [0.5, 0.6) is 28.7 Å². The van der Waals surface area contributed by atoms with E-state index in [-0.39, 0.29) is 70.5 Å². The van der Waals surface area contributed by atoms with E-state index >= 15 is 0 Å². The van der Waals surface area contributed by atoms with Gasteiger partial charge >= 0.3 is 6.09 Å². The SMILES string of the molecule is C=CCO[C@@]12Oc3ccc(Oc4cccc(C=O)c4)cc3[C@H]3[C@H](CCCCO)[C@@H](CCCCO)C=C(C(=NOC)C[C@@H]1N(Cc1ccc4c(c1)OCO4)C(=O)OCCOCc1ccccc1)[C@H]32. The van der Waals surface area contributed by atoms with Crippen LogP contribution in [0.2, 0.25) is 0 Å². The number of oxime groups is 1. The first kappa shape index (κ1) is 47.3. The normalized spacial score (nSPS) is 22.7.